The van der Waals surface area contributed by atoms with Gasteiger partial charge in [0.25, 0.3) is 0 Å². The molecule has 1 rings (SSSR count). The summed E-state index contributed by atoms with van der Waals surface area (Å²) >= 11 is 0. The first-order chi connectivity index (χ1) is 13.7. The average molecular weight is 400 g/mol. The van der Waals surface area contributed by atoms with E-state index in [9.17, 15) is 5.11 Å². The van der Waals surface area contributed by atoms with Crippen LogP contribution in [0.15, 0.2) is 0 Å². The Bertz CT molecular complexity index is 323. The Balaban J connectivity index is 1.74. The van der Waals surface area contributed by atoms with Crippen molar-refractivity contribution < 1.29 is 9.84 Å². The third-order valence-electron chi connectivity index (χ3n) is 5.83. The Labute approximate surface area is 174 Å². The SMILES string of the molecule is CCCCCCCCCCCCCCCCOCC(O)CN1CCN(N)CC1. The first kappa shape index (κ1) is 25.8. The van der Waals surface area contributed by atoms with Crippen molar-refractivity contribution in [2.75, 3.05) is 45.9 Å². The van der Waals surface area contributed by atoms with Gasteiger partial charge in [0.15, 0.2) is 0 Å². The molecule has 0 spiro atoms. The third kappa shape index (κ3) is 15.7. The molecule has 0 saturated carbocycles. The molecule has 3 N–H and O–H groups in total. The topological polar surface area (TPSA) is 62.0 Å². The van der Waals surface area contributed by atoms with Gasteiger partial charge >= 0.3 is 0 Å². The molecule has 168 valence electrons. The third-order valence-corrected chi connectivity index (χ3v) is 5.83. The van der Waals surface area contributed by atoms with Gasteiger partial charge < -0.3 is 9.84 Å². The van der Waals surface area contributed by atoms with Crippen LogP contribution in [-0.2, 0) is 4.74 Å². The Morgan fingerprint density at radius 2 is 1.21 bits per heavy atom. The number of rotatable bonds is 19. The highest BCUT2D eigenvalue weighted by molar-refractivity contribution is 4.71. The van der Waals surface area contributed by atoms with Crippen LogP contribution in [0.1, 0.15) is 96.8 Å². The first-order valence-electron chi connectivity index (χ1n) is 12.2. The number of hydrogen-bond donors (Lipinski definition) is 2. The maximum atomic E-state index is 10.1. The second-order valence-corrected chi connectivity index (χ2v) is 8.66. The lowest BCUT2D eigenvalue weighted by atomic mass is 10.0. The van der Waals surface area contributed by atoms with Crippen LogP contribution in [0.4, 0.5) is 0 Å². The molecule has 5 nitrogen and oxygen atoms in total. The fourth-order valence-electron chi connectivity index (χ4n) is 3.91. The minimum absolute atomic E-state index is 0.379. The van der Waals surface area contributed by atoms with Gasteiger partial charge in [0.05, 0.1) is 12.7 Å². The van der Waals surface area contributed by atoms with Crippen molar-refractivity contribution in [1.82, 2.24) is 9.91 Å². The quantitative estimate of drug-likeness (QED) is 0.250. The first-order valence-corrected chi connectivity index (χ1v) is 12.2. The monoisotopic (exact) mass is 399 g/mol. The van der Waals surface area contributed by atoms with Gasteiger partial charge in [-0.1, -0.05) is 90.4 Å². The average Bonchev–Trinajstić information content (AvgIpc) is 2.69. The fourth-order valence-corrected chi connectivity index (χ4v) is 3.91. The molecule has 0 bridgehead atoms. The normalized spacial score (nSPS) is 17.2. The number of nitrogens with zero attached hydrogens (tertiary/aromatic N) is 2. The predicted octanol–water partition coefficient (Wildman–Crippen LogP) is 4.34. The van der Waals surface area contributed by atoms with E-state index in [0.29, 0.717) is 13.2 Å². The Kier molecular flexibility index (Phi) is 17.4. The zero-order chi connectivity index (χ0) is 20.3. The number of aliphatic hydroxyl groups is 1. The van der Waals surface area contributed by atoms with Crippen molar-refractivity contribution in [3.8, 4) is 0 Å². The fraction of sp³-hybridized carbons (Fsp3) is 1.00. The Hall–Kier alpha value is -0.200. The van der Waals surface area contributed by atoms with E-state index >= 15 is 0 Å². The zero-order valence-corrected chi connectivity index (χ0v) is 18.8. The van der Waals surface area contributed by atoms with Crippen molar-refractivity contribution in [3.63, 3.8) is 0 Å². The molecule has 1 unspecified atom stereocenters. The number of nitrogens with two attached hydrogens (primary N) is 1. The molecule has 0 aromatic rings. The second kappa shape index (κ2) is 18.8. The number of unbranched alkanes of at least 4 members (excludes halogenated alkanes) is 13. The summed E-state index contributed by atoms with van der Waals surface area (Å²) in [5.74, 6) is 5.75. The van der Waals surface area contributed by atoms with Gasteiger partial charge in [0, 0.05) is 39.3 Å². The van der Waals surface area contributed by atoms with Crippen LogP contribution in [0, 0.1) is 0 Å². The summed E-state index contributed by atoms with van der Waals surface area (Å²) in [5, 5.41) is 11.9. The van der Waals surface area contributed by atoms with E-state index < -0.39 is 0 Å². The number of hydrogen-bond acceptors (Lipinski definition) is 5. The van der Waals surface area contributed by atoms with Crippen LogP contribution < -0.4 is 5.84 Å². The summed E-state index contributed by atoms with van der Waals surface area (Å²) in [6.45, 7) is 7.86. The predicted molar refractivity (Wildman–Crippen MR) is 119 cm³/mol. The van der Waals surface area contributed by atoms with Gasteiger partial charge in [0.2, 0.25) is 0 Å². The molecule has 0 amide bonds. The maximum absolute atomic E-state index is 10.1. The summed E-state index contributed by atoms with van der Waals surface area (Å²) in [5.41, 5.74) is 0. The van der Waals surface area contributed by atoms with E-state index in [4.69, 9.17) is 10.6 Å². The molecule has 0 aromatic heterocycles. The van der Waals surface area contributed by atoms with E-state index in [2.05, 4.69) is 11.8 Å². The standard InChI is InChI=1S/C23H49N3O2/c1-2-3-4-5-6-7-8-9-10-11-12-13-14-15-20-28-22-23(27)21-25-16-18-26(24)19-17-25/h23,27H,2-22,24H2,1H3. The van der Waals surface area contributed by atoms with Crippen LogP contribution in [0.25, 0.3) is 0 Å². The van der Waals surface area contributed by atoms with Crippen LogP contribution in [-0.4, -0.2) is 67.1 Å². The van der Waals surface area contributed by atoms with Gasteiger partial charge in [-0.2, -0.15) is 0 Å². The van der Waals surface area contributed by atoms with Gasteiger partial charge in [0.1, 0.15) is 0 Å². The zero-order valence-electron chi connectivity index (χ0n) is 18.8. The number of piperazine rings is 1. The van der Waals surface area contributed by atoms with E-state index in [1.54, 1.807) is 0 Å². The summed E-state index contributed by atoms with van der Waals surface area (Å²) < 4.78 is 5.65. The molecular formula is C23H49N3O2. The molecule has 0 aromatic carbocycles. The molecule has 1 aliphatic heterocycles. The Morgan fingerprint density at radius 1 is 0.750 bits per heavy atom. The molecule has 1 aliphatic rings. The molecular weight excluding hydrogens is 350 g/mol. The largest absolute Gasteiger partial charge is 0.389 e. The molecule has 1 saturated heterocycles. The maximum Gasteiger partial charge on any atom is 0.0900 e. The number of aliphatic hydroxyl groups excluding tert-OH is 1. The molecule has 1 fully saturated rings. The molecule has 5 heteroatoms. The van der Waals surface area contributed by atoms with Gasteiger partial charge in [-0.3, -0.25) is 10.7 Å². The van der Waals surface area contributed by atoms with E-state index in [1.165, 1.54) is 83.5 Å². The second-order valence-electron chi connectivity index (χ2n) is 8.66. The summed E-state index contributed by atoms with van der Waals surface area (Å²) in [7, 11) is 0. The van der Waals surface area contributed by atoms with Crippen LogP contribution in [0.2, 0.25) is 0 Å². The van der Waals surface area contributed by atoms with Crippen molar-refractivity contribution >= 4 is 0 Å². The van der Waals surface area contributed by atoms with Gasteiger partial charge in [-0.05, 0) is 6.42 Å². The van der Waals surface area contributed by atoms with E-state index in [0.717, 1.165) is 39.2 Å². The number of ether oxygens (including phenoxy) is 1. The van der Waals surface area contributed by atoms with Crippen molar-refractivity contribution in [2.24, 2.45) is 5.84 Å². The van der Waals surface area contributed by atoms with Gasteiger partial charge in [-0.25, -0.2) is 5.01 Å². The minimum atomic E-state index is -0.379. The van der Waals surface area contributed by atoms with Crippen molar-refractivity contribution in [2.45, 2.75) is 103 Å². The molecule has 0 radical (unpaired) electrons. The van der Waals surface area contributed by atoms with Crippen molar-refractivity contribution in [3.05, 3.63) is 0 Å². The minimum Gasteiger partial charge on any atom is -0.389 e. The summed E-state index contributed by atoms with van der Waals surface area (Å²) in [4.78, 5) is 2.27. The number of β-amino-alcohol motifs (C(OH)–C–C–N with tert-alkyl or cyclic N) is 1. The molecule has 28 heavy (non-hydrogen) atoms. The molecule has 1 heterocycles. The smallest absolute Gasteiger partial charge is 0.0900 e. The molecule has 0 aliphatic carbocycles. The van der Waals surface area contributed by atoms with Crippen molar-refractivity contribution in [1.29, 1.82) is 0 Å². The summed E-state index contributed by atoms with van der Waals surface area (Å²) in [6, 6.07) is 0. The number of hydrazine groups is 1. The summed E-state index contributed by atoms with van der Waals surface area (Å²) in [6.07, 6.45) is 18.9. The highest BCUT2D eigenvalue weighted by atomic mass is 16.5. The lowest BCUT2D eigenvalue weighted by Gasteiger charge is -2.33. The molecule has 1 atom stereocenters. The lowest BCUT2D eigenvalue weighted by molar-refractivity contribution is 0.00614. The van der Waals surface area contributed by atoms with Gasteiger partial charge in [-0.15, -0.1) is 0 Å². The lowest BCUT2D eigenvalue weighted by Crippen LogP contribution is -2.51. The van der Waals surface area contributed by atoms with Crippen LogP contribution >= 0.6 is 0 Å². The van der Waals surface area contributed by atoms with E-state index in [1.807, 2.05) is 5.01 Å². The highest BCUT2D eigenvalue weighted by Gasteiger charge is 2.17. The van der Waals surface area contributed by atoms with Crippen LogP contribution in [0.5, 0.6) is 0 Å². The Morgan fingerprint density at radius 3 is 1.71 bits per heavy atom. The highest BCUT2D eigenvalue weighted by Crippen LogP contribution is 2.13. The van der Waals surface area contributed by atoms with Crippen LogP contribution in [0.3, 0.4) is 0 Å². The van der Waals surface area contributed by atoms with E-state index in [-0.39, 0.29) is 6.10 Å².